The molecule has 5 heteroatoms. The van der Waals surface area contributed by atoms with Crippen LogP contribution >= 0.6 is 0 Å². The Morgan fingerprint density at radius 1 is 1.53 bits per heavy atom. The van der Waals surface area contributed by atoms with Gasteiger partial charge in [-0.1, -0.05) is 0 Å². The summed E-state index contributed by atoms with van der Waals surface area (Å²) in [7, 11) is 1.61. The van der Waals surface area contributed by atoms with Crippen molar-refractivity contribution in [2.24, 2.45) is 0 Å². The van der Waals surface area contributed by atoms with Crippen LogP contribution in [0.5, 0.6) is 0 Å². The lowest BCUT2D eigenvalue weighted by Gasteiger charge is -2.05. The predicted octanol–water partition coefficient (Wildman–Crippen LogP) is 0.583. The summed E-state index contributed by atoms with van der Waals surface area (Å²) in [4.78, 5) is 11.1. The molecule has 1 N–H and O–H groups in total. The van der Waals surface area contributed by atoms with E-state index in [0.29, 0.717) is 18.8 Å². The first-order valence-corrected chi connectivity index (χ1v) is 4.65. The fourth-order valence-corrected chi connectivity index (χ4v) is 0.817. The molecule has 0 bridgehead atoms. The van der Waals surface area contributed by atoms with Crippen LogP contribution in [0.2, 0.25) is 0 Å². The molecule has 0 aromatic heterocycles. The smallest absolute Gasteiger partial charge is 0.332 e. The van der Waals surface area contributed by atoms with Crippen LogP contribution in [0.1, 0.15) is 13.3 Å². The Kier molecular flexibility index (Phi) is 8.10. The van der Waals surface area contributed by atoms with E-state index in [2.05, 4.69) is 5.32 Å². The molecule has 0 aromatic rings. The normalized spacial score (nSPS) is 10.6. The predicted molar refractivity (Wildman–Crippen MR) is 54.8 cm³/mol. The van der Waals surface area contributed by atoms with E-state index in [-0.39, 0.29) is 13.0 Å². The van der Waals surface area contributed by atoms with Crippen LogP contribution in [0.15, 0.2) is 11.8 Å². The minimum absolute atomic E-state index is 0.136. The van der Waals surface area contributed by atoms with Gasteiger partial charge in [0.05, 0.1) is 19.1 Å². The lowest BCUT2D eigenvalue weighted by Crippen LogP contribution is -2.18. The van der Waals surface area contributed by atoms with E-state index in [1.54, 1.807) is 14.0 Å². The maximum atomic E-state index is 11.1. The number of esters is 1. The highest BCUT2D eigenvalue weighted by molar-refractivity contribution is 5.82. The highest BCUT2D eigenvalue weighted by Gasteiger charge is 1.98. The van der Waals surface area contributed by atoms with E-state index in [9.17, 15) is 4.79 Å². The quantitative estimate of drug-likeness (QED) is 0.380. The van der Waals surface area contributed by atoms with E-state index in [1.165, 1.54) is 6.08 Å². The van der Waals surface area contributed by atoms with Crippen molar-refractivity contribution in [2.45, 2.75) is 13.3 Å². The summed E-state index contributed by atoms with van der Waals surface area (Å²) in [6.45, 7) is 3.12. The molecule has 0 aromatic carbocycles. The van der Waals surface area contributed by atoms with Crippen molar-refractivity contribution in [2.75, 3.05) is 26.9 Å². The molecule has 0 aliphatic heterocycles. The third-order valence-corrected chi connectivity index (χ3v) is 1.50. The number of hydrogen-bond donors (Lipinski definition) is 1. The van der Waals surface area contributed by atoms with E-state index >= 15 is 0 Å². The Hall–Kier alpha value is -1.54. The van der Waals surface area contributed by atoms with Gasteiger partial charge in [-0.25, -0.2) is 4.79 Å². The number of nitrogens with one attached hydrogen (secondary N) is 1. The zero-order valence-electron chi connectivity index (χ0n) is 9.08. The lowest BCUT2D eigenvalue weighted by molar-refractivity contribution is -0.137. The zero-order valence-corrected chi connectivity index (χ0v) is 9.08. The second kappa shape index (κ2) is 9.03. The summed E-state index contributed by atoms with van der Waals surface area (Å²) >= 11 is 0. The second-order valence-electron chi connectivity index (χ2n) is 2.82. The molecule has 0 atom stereocenters. The maximum Gasteiger partial charge on any atom is 0.332 e. The third-order valence-electron chi connectivity index (χ3n) is 1.50. The molecule has 0 spiro atoms. The number of methoxy groups -OCH3 is 1. The molecule has 0 radical (unpaired) electrons. The van der Waals surface area contributed by atoms with Gasteiger partial charge < -0.3 is 14.8 Å². The first-order chi connectivity index (χ1) is 7.20. The number of carbonyl (C=O) groups is 1. The minimum atomic E-state index is -0.437. The number of nitriles is 1. The van der Waals surface area contributed by atoms with Crippen molar-refractivity contribution in [3.05, 3.63) is 11.8 Å². The molecule has 0 aliphatic rings. The molecule has 0 unspecified atom stereocenters. The van der Waals surface area contributed by atoms with Crippen LogP contribution in [0, 0.1) is 11.3 Å². The molecule has 0 fully saturated rings. The van der Waals surface area contributed by atoms with Gasteiger partial charge in [-0.15, -0.1) is 0 Å². The summed E-state index contributed by atoms with van der Waals surface area (Å²) in [6.07, 6.45) is 1.57. The summed E-state index contributed by atoms with van der Waals surface area (Å²) in [5, 5.41) is 11.2. The average molecular weight is 212 g/mol. The summed E-state index contributed by atoms with van der Waals surface area (Å²) in [5.41, 5.74) is 0.717. The topological polar surface area (TPSA) is 71.3 Å². The zero-order chi connectivity index (χ0) is 11.5. The Morgan fingerprint density at radius 3 is 2.87 bits per heavy atom. The number of ether oxygens (including phenoxy) is 2. The van der Waals surface area contributed by atoms with Gasteiger partial charge in [0, 0.05) is 25.4 Å². The maximum absolute atomic E-state index is 11.1. The lowest BCUT2D eigenvalue weighted by atomic mass is 10.4. The Bertz CT molecular complexity index is 256. The average Bonchev–Trinajstić information content (AvgIpc) is 2.18. The van der Waals surface area contributed by atoms with Crippen LogP contribution < -0.4 is 5.32 Å². The van der Waals surface area contributed by atoms with Crippen molar-refractivity contribution in [3.8, 4) is 6.07 Å². The molecular weight excluding hydrogens is 196 g/mol. The molecule has 0 amide bonds. The van der Waals surface area contributed by atoms with Gasteiger partial charge in [0.1, 0.15) is 6.61 Å². The SMILES string of the molecule is COCCN/C(C)=C\C(=O)OCCC#N. The first-order valence-electron chi connectivity index (χ1n) is 4.65. The highest BCUT2D eigenvalue weighted by Crippen LogP contribution is 1.90. The van der Waals surface area contributed by atoms with Crippen molar-refractivity contribution in [1.82, 2.24) is 5.32 Å². The van der Waals surface area contributed by atoms with Crippen LogP contribution in [0.3, 0.4) is 0 Å². The largest absolute Gasteiger partial charge is 0.461 e. The van der Waals surface area contributed by atoms with Crippen LogP contribution in [0.4, 0.5) is 0 Å². The van der Waals surface area contributed by atoms with Crippen molar-refractivity contribution < 1.29 is 14.3 Å². The summed E-state index contributed by atoms with van der Waals surface area (Å²) in [5.74, 6) is -0.437. The van der Waals surface area contributed by atoms with Crippen molar-refractivity contribution in [1.29, 1.82) is 5.26 Å². The van der Waals surface area contributed by atoms with Gasteiger partial charge in [0.15, 0.2) is 0 Å². The monoisotopic (exact) mass is 212 g/mol. The van der Waals surface area contributed by atoms with Gasteiger partial charge in [0.25, 0.3) is 0 Å². The standard InChI is InChI=1S/C10H16N2O3/c1-9(12-5-7-14-2)8-10(13)15-6-3-4-11/h8,12H,3,5-7H2,1-2H3/b9-8-. The fraction of sp³-hybridized carbons (Fsp3) is 0.600. The van der Waals surface area contributed by atoms with Crippen LogP contribution in [-0.2, 0) is 14.3 Å². The van der Waals surface area contributed by atoms with Crippen LogP contribution in [-0.4, -0.2) is 32.8 Å². The molecule has 0 rings (SSSR count). The van der Waals surface area contributed by atoms with E-state index < -0.39 is 5.97 Å². The number of nitrogens with zero attached hydrogens (tertiary/aromatic N) is 1. The number of allylic oxidation sites excluding steroid dienone is 1. The number of carbonyl (C=O) groups excluding carboxylic acids is 1. The first kappa shape index (κ1) is 13.5. The molecule has 15 heavy (non-hydrogen) atoms. The van der Waals surface area contributed by atoms with E-state index in [0.717, 1.165) is 0 Å². The molecular formula is C10H16N2O3. The van der Waals surface area contributed by atoms with Gasteiger partial charge in [-0.3, -0.25) is 0 Å². The highest BCUT2D eigenvalue weighted by atomic mass is 16.5. The van der Waals surface area contributed by atoms with E-state index in [1.807, 2.05) is 6.07 Å². The third kappa shape index (κ3) is 8.78. The summed E-state index contributed by atoms with van der Waals surface area (Å²) in [6, 6.07) is 1.89. The Labute approximate surface area is 89.7 Å². The van der Waals surface area contributed by atoms with Crippen molar-refractivity contribution >= 4 is 5.97 Å². The van der Waals surface area contributed by atoms with Gasteiger partial charge in [0.2, 0.25) is 0 Å². The minimum Gasteiger partial charge on any atom is -0.461 e. The van der Waals surface area contributed by atoms with E-state index in [4.69, 9.17) is 14.7 Å². The molecule has 0 saturated heterocycles. The Morgan fingerprint density at radius 2 is 2.27 bits per heavy atom. The number of rotatable bonds is 7. The Balaban J connectivity index is 3.70. The summed E-state index contributed by atoms with van der Waals surface area (Å²) < 4.78 is 9.59. The molecule has 0 heterocycles. The second-order valence-corrected chi connectivity index (χ2v) is 2.82. The molecule has 0 saturated carbocycles. The van der Waals surface area contributed by atoms with Gasteiger partial charge >= 0.3 is 5.97 Å². The molecule has 84 valence electrons. The molecule has 0 aliphatic carbocycles. The fourth-order valence-electron chi connectivity index (χ4n) is 0.817. The van der Waals surface area contributed by atoms with Gasteiger partial charge in [-0.05, 0) is 6.92 Å². The van der Waals surface area contributed by atoms with Crippen LogP contribution in [0.25, 0.3) is 0 Å². The number of hydrogen-bond acceptors (Lipinski definition) is 5. The molecule has 5 nitrogen and oxygen atoms in total. The van der Waals surface area contributed by atoms with Crippen molar-refractivity contribution in [3.63, 3.8) is 0 Å². The van der Waals surface area contributed by atoms with Gasteiger partial charge in [-0.2, -0.15) is 5.26 Å².